The van der Waals surface area contributed by atoms with E-state index in [4.69, 9.17) is 4.74 Å². The van der Waals surface area contributed by atoms with E-state index in [0.29, 0.717) is 37.6 Å². The van der Waals surface area contributed by atoms with Gasteiger partial charge in [0.05, 0.1) is 62.3 Å². The zero-order valence-corrected chi connectivity index (χ0v) is 32.8. The monoisotopic (exact) mass is 796 g/mol. The summed E-state index contributed by atoms with van der Waals surface area (Å²) in [5, 5.41) is 25.5. The molecular formula is C41H48N8O9. The first-order valence-corrected chi connectivity index (χ1v) is 19.7. The van der Waals surface area contributed by atoms with E-state index in [9.17, 15) is 29.4 Å². The molecule has 8 rings (SSSR count). The number of carbonyl (C=O) groups excluding carboxylic acids is 4. The van der Waals surface area contributed by atoms with Gasteiger partial charge in [-0.15, -0.1) is 0 Å². The number of rotatable bonds is 10. The van der Waals surface area contributed by atoms with Crippen molar-refractivity contribution in [2.24, 2.45) is 0 Å². The van der Waals surface area contributed by atoms with Crippen LogP contribution in [0.15, 0.2) is 48.8 Å². The van der Waals surface area contributed by atoms with E-state index in [1.54, 1.807) is 22.2 Å². The second-order valence-electron chi connectivity index (χ2n) is 15.6. The number of amides is 4. The predicted molar refractivity (Wildman–Crippen MR) is 208 cm³/mol. The van der Waals surface area contributed by atoms with E-state index in [2.05, 4.69) is 52.2 Å². The van der Waals surface area contributed by atoms with E-state index in [0.717, 1.165) is 70.8 Å². The number of fused-ring (bicyclic) bond motifs is 4. The van der Waals surface area contributed by atoms with Gasteiger partial charge in [-0.05, 0) is 76.6 Å². The van der Waals surface area contributed by atoms with Crippen molar-refractivity contribution in [3.63, 3.8) is 0 Å². The molecule has 4 aliphatic rings. The Morgan fingerprint density at radius 3 is 1.74 bits per heavy atom. The highest BCUT2D eigenvalue weighted by Gasteiger charge is 2.52. The van der Waals surface area contributed by atoms with Crippen LogP contribution in [0.2, 0.25) is 0 Å². The number of hydrogen-bond acceptors (Lipinski definition) is 11. The van der Waals surface area contributed by atoms with Gasteiger partial charge in [0.2, 0.25) is 11.8 Å². The first kappa shape index (κ1) is 38.9. The van der Waals surface area contributed by atoms with Crippen molar-refractivity contribution < 1.29 is 43.6 Å². The minimum absolute atomic E-state index is 0.194. The largest absolute Gasteiger partial charge is 0.457 e. The molecule has 4 amide bonds. The molecular weight excluding hydrogens is 748 g/mol. The number of aromatic nitrogens is 4. The number of ether oxygens (including phenoxy) is 3. The van der Waals surface area contributed by atoms with Crippen LogP contribution in [0, 0.1) is 0 Å². The van der Waals surface area contributed by atoms with Gasteiger partial charge < -0.3 is 54.8 Å². The number of benzene rings is 2. The Hall–Kier alpha value is -5.94. The molecule has 0 bridgehead atoms. The van der Waals surface area contributed by atoms with Gasteiger partial charge in [-0.25, -0.2) is 19.6 Å². The summed E-state index contributed by atoms with van der Waals surface area (Å²) in [7, 11) is 2.41. The van der Waals surface area contributed by atoms with E-state index in [1.807, 2.05) is 24.3 Å². The summed E-state index contributed by atoms with van der Waals surface area (Å²) in [5.41, 5.74) is 5.39. The molecule has 4 aromatic rings. The predicted octanol–water partition coefficient (Wildman–Crippen LogP) is 4.19. The van der Waals surface area contributed by atoms with Gasteiger partial charge in [-0.2, -0.15) is 0 Å². The Kier molecular flexibility index (Phi) is 10.4. The summed E-state index contributed by atoms with van der Waals surface area (Å²) < 4.78 is 15.9. The van der Waals surface area contributed by atoms with Crippen LogP contribution in [-0.2, 0) is 24.5 Å². The van der Waals surface area contributed by atoms with Gasteiger partial charge in [0, 0.05) is 40.8 Å². The first-order valence-electron chi connectivity index (χ1n) is 19.7. The van der Waals surface area contributed by atoms with Gasteiger partial charge in [0.1, 0.15) is 35.2 Å². The lowest BCUT2D eigenvalue weighted by molar-refractivity contribution is -0.137. The number of likely N-dealkylation sites (tertiary alicyclic amines) is 2. The van der Waals surface area contributed by atoms with Crippen molar-refractivity contribution in [1.29, 1.82) is 0 Å². The molecule has 3 fully saturated rings. The molecule has 3 aliphatic heterocycles. The van der Waals surface area contributed by atoms with Gasteiger partial charge in [0.25, 0.3) is 0 Å². The number of carbonyl (C=O) groups is 4. The quantitative estimate of drug-likeness (QED) is 0.134. The fourth-order valence-corrected chi connectivity index (χ4v) is 8.70. The van der Waals surface area contributed by atoms with Crippen molar-refractivity contribution in [1.82, 2.24) is 40.4 Å². The molecule has 1 spiro atoms. The van der Waals surface area contributed by atoms with Crippen LogP contribution in [0.5, 0.6) is 11.5 Å². The summed E-state index contributed by atoms with van der Waals surface area (Å²) in [4.78, 5) is 70.3. The molecule has 2 saturated heterocycles. The molecule has 6 N–H and O–H groups in total. The Morgan fingerprint density at radius 2 is 1.26 bits per heavy atom. The number of aliphatic hydroxyl groups excluding tert-OH is 2. The molecule has 2 aromatic carbocycles. The summed E-state index contributed by atoms with van der Waals surface area (Å²) >= 11 is 0. The second-order valence-corrected chi connectivity index (χ2v) is 15.6. The number of alkyl carbamates (subject to hydrolysis) is 2. The zero-order valence-electron chi connectivity index (χ0n) is 32.8. The normalized spacial score (nSPS) is 20.9. The van der Waals surface area contributed by atoms with E-state index < -0.39 is 48.3 Å². The molecule has 1 aliphatic carbocycles. The lowest BCUT2D eigenvalue weighted by atomic mass is 9.83. The molecule has 0 radical (unpaired) electrons. The summed E-state index contributed by atoms with van der Waals surface area (Å²) in [6.07, 6.45) is 4.48. The summed E-state index contributed by atoms with van der Waals surface area (Å²) in [5.74, 6) is 1.99. The Bertz CT molecular complexity index is 2230. The third-order valence-corrected chi connectivity index (χ3v) is 11.9. The number of hydrogen-bond donors (Lipinski definition) is 6. The molecule has 58 heavy (non-hydrogen) atoms. The number of imidazole rings is 2. The summed E-state index contributed by atoms with van der Waals surface area (Å²) in [6, 6.07) is 9.30. The fourth-order valence-electron chi connectivity index (χ4n) is 8.70. The highest BCUT2D eigenvalue weighted by atomic mass is 16.5. The maximum absolute atomic E-state index is 13.5. The molecule has 17 nitrogen and oxygen atoms in total. The van der Waals surface area contributed by atoms with Crippen molar-refractivity contribution in [2.75, 3.05) is 27.3 Å². The first-order chi connectivity index (χ1) is 27.9. The average molecular weight is 797 g/mol. The van der Waals surface area contributed by atoms with E-state index in [-0.39, 0.29) is 17.5 Å². The topological polar surface area (TPSA) is 224 Å². The Morgan fingerprint density at radius 1 is 0.759 bits per heavy atom. The van der Waals surface area contributed by atoms with Crippen LogP contribution in [0.25, 0.3) is 22.5 Å². The standard InChI is InChI=1S/C41H48N8O9/c1-21(50)33(46-39(54)56-3)37(52)48-15-5-7-29(48)35-42-19-27(44-35)23-10-12-31-26(17-23)41(13-14-41)25-11-9-24(18-32(25)58-31)28-20-43-36(45-28)30-8-6-16-49(30)38(53)34(22(2)51)47-40(55)57-4/h9-12,17-22,29-30,33-34,50-51H,5-8,13-16H2,1-4H3,(H,42,44)(H,43,45)(H,46,54)(H,47,55)/t21-,22-,29-,30-,33-,34-/m0/s1. The zero-order chi connectivity index (χ0) is 40.9. The minimum Gasteiger partial charge on any atom is -0.457 e. The third-order valence-electron chi connectivity index (χ3n) is 11.9. The Labute approximate surface area is 334 Å². The number of aliphatic hydroxyl groups is 2. The van der Waals surface area contributed by atoms with Gasteiger partial charge in [-0.1, -0.05) is 12.1 Å². The number of H-pyrrole nitrogens is 2. The van der Waals surface area contributed by atoms with E-state index >= 15 is 0 Å². The molecule has 6 atom stereocenters. The molecule has 306 valence electrons. The van der Waals surface area contributed by atoms with Crippen LogP contribution in [0.4, 0.5) is 9.59 Å². The Balaban J connectivity index is 0.991. The van der Waals surface area contributed by atoms with Crippen LogP contribution in [0.3, 0.4) is 0 Å². The smallest absolute Gasteiger partial charge is 0.407 e. The van der Waals surface area contributed by atoms with Gasteiger partial charge in [-0.3, -0.25) is 9.59 Å². The van der Waals surface area contributed by atoms with Crippen LogP contribution in [0.1, 0.15) is 87.2 Å². The van der Waals surface area contributed by atoms with Crippen molar-refractivity contribution in [3.8, 4) is 34.0 Å². The molecule has 5 heterocycles. The maximum Gasteiger partial charge on any atom is 0.407 e. The molecule has 2 aromatic heterocycles. The third kappa shape index (κ3) is 7.01. The highest BCUT2D eigenvalue weighted by Crippen LogP contribution is 2.62. The maximum atomic E-state index is 13.5. The van der Waals surface area contributed by atoms with E-state index in [1.165, 1.54) is 28.1 Å². The molecule has 17 heteroatoms. The molecule has 1 saturated carbocycles. The number of methoxy groups -OCH3 is 2. The lowest BCUT2D eigenvalue weighted by Crippen LogP contribution is -2.53. The number of aromatic amines is 2. The fraction of sp³-hybridized carbons (Fsp3) is 0.463. The van der Waals surface area contributed by atoms with Gasteiger partial charge >= 0.3 is 12.2 Å². The molecule has 0 unspecified atom stereocenters. The van der Waals surface area contributed by atoms with Crippen molar-refractivity contribution in [3.05, 3.63) is 71.6 Å². The van der Waals surface area contributed by atoms with Crippen LogP contribution < -0.4 is 15.4 Å². The average Bonchev–Trinajstić information content (AvgIpc) is 3.78. The number of nitrogens with one attached hydrogen (secondary N) is 4. The minimum atomic E-state index is -1.15. The second kappa shape index (κ2) is 15.4. The van der Waals surface area contributed by atoms with Crippen molar-refractivity contribution in [2.45, 2.75) is 94.2 Å². The summed E-state index contributed by atoms with van der Waals surface area (Å²) in [6.45, 7) is 3.84. The lowest BCUT2D eigenvalue weighted by Gasteiger charge is -2.29. The highest BCUT2D eigenvalue weighted by molar-refractivity contribution is 5.87. The van der Waals surface area contributed by atoms with Crippen LogP contribution in [-0.4, -0.2) is 116 Å². The van der Waals surface area contributed by atoms with Crippen LogP contribution >= 0.6 is 0 Å². The van der Waals surface area contributed by atoms with Crippen molar-refractivity contribution >= 4 is 24.0 Å². The number of nitrogens with zero attached hydrogens (tertiary/aromatic N) is 4. The van der Waals surface area contributed by atoms with Gasteiger partial charge in [0.15, 0.2) is 0 Å². The SMILES string of the molecule is COC(=O)N[C@H](C(=O)N1CCC[C@H]1c1ncc(-c2ccc3c(c2)Oc2ccc(-c4cnc([C@@H]5CCCN5C(=O)[C@@H](NC(=O)OC)[C@H](C)O)[nH]4)cc2C32CC2)[nH]1)[C@H](C)O.